The number of carbonyl (C=O) groups excluding carboxylic acids is 1. The Morgan fingerprint density at radius 2 is 2.21 bits per heavy atom. The smallest absolute Gasteiger partial charge is 0.234 e. The molecule has 0 radical (unpaired) electrons. The third-order valence-electron chi connectivity index (χ3n) is 1.73. The second-order valence-corrected chi connectivity index (χ2v) is 3.83. The fourth-order valence-electron chi connectivity index (χ4n) is 0.946. The number of nitrogens with two attached hydrogens (primary N) is 1. The molecule has 14 heavy (non-hydrogen) atoms. The Morgan fingerprint density at radius 3 is 2.71 bits per heavy atom. The van der Waals surface area contributed by atoms with E-state index in [0.29, 0.717) is 18.0 Å². The summed E-state index contributed by atoms with van der Waals surface area (Å²) in [6.45, 7) is 3.90. The van der Waals surface area contributed by atoms with E-state index in [1.807, 2.05) is 18.9 Å². The van der Waals surface area contributed by atoms with Gasteiger partial charge in [-0.25, -0.2) is 0 Å². The van der Waals surface area contributed by atoms with Crippen molar-refractivity contribution in [2.75, 3.05) is 26.7 Å². The molecule has 0 spiro atoms. The first-order chi connectivity index (χ1) is 6.56. The van der Waals surface area contributed by atoms with Gasteiger partial charge in [-0.2, -0.15) is 0 Å². The van der Waals surface area contributed by atoms with Crippen LogP contribution in [0, 0.1) is 0 Å². The van der Waals surface area contributed by atoms with E-state index in [1.165, 1.54) is 0 Å². The van der Waals surface area contributed by atoms with Gasteiger partial charge in [0.25, 0.3) is 0 Å². The number of thiocarbonyl (C=S) groups is 1. The van der Waals surface area contributed by atoms with Crippen molar-refractivity contribution in [1.82, 2.24) is 10.2 Å². The zero-order valence-corrected chi connectivity index (χ0v) is 9.69. The minimum atomic E-state index is 0.0530. The van der Waals surface area contributed by atoms with Crippen LogP contribution in [0.25, 0.3) is 0 Å². The first-order valence-electron chi connectivity index (χ1n) is 4.79. The van der Waals surface area contributed by atoms with Gasteiger partial charge in [-0.3, -0.25) is 9.69 Å². The van der Waals surface area contributed by atoms with Crippen LogP contribution in [0.3, 0.4) is 0 Å². The number of hydrogen-bond donors (Lipinski definition) is 2. The summed E-state index contributed by atoms with van der Waals surface area (Å²) < 4.78 is 0. The molecule has 0 unspecified atom stereocenters. The highest BCUT2D eigenvalue weighted by Gasteiger charge is 2.05. The van der Waals surface area contributed by atoms with E-state index in [-0.39, 0.29) is 5.91 Å². The number of nitrogens with one attached hydrogen (secondary N) is 1. The zero-order valence-electron chi connectivity index (χ0n) is 8.88. The van der Waals surface area contributed by atoms with Gasteiger partial charge >= 0.3 is 0 Å². The van der Waals surface area contributed by atoms with Crippen LogP contribution < -0.4 is 11.1 Å². The van der Waals surface area contributed by atoms with Crippen LogP contribution >= 0.6 is 12.2 Å². The molecule has 0 heterocycles. The highest BCUT2D eigenvalue weighted by atomic mass is 32.1. The SMILES string of the molecule is CCCNC(=O)CN(C)CCC(N)=S. The number of rotatable bonds is 7. The van der Waals surface area contributed by atoms with Crippen LogP contribution in [0.15, 0.2) is 0 Å². The lowest BCUT2D eigenvalue weighted by molar-refractivity contribution is -0.121. The van der Waals surface area contributed by atoms with Gasteiger partial charge in [-0.05, 0) is 13.5 Å². The lowest BCUT2D eigenvalue weighted by Crippen LogP contribution is -2.36. The number of likely N-dealkylation sites (N-methyl/N-ethyl adjacent to an activating group) is 1. The predicted molar refractivity (Wildman–Crippen MR) is 62.2 cm³/mol. The number of nitrogens with zero attached hydrogens (tertiary/aromatic N) is 1. The van der Waals surface area contributed by atoms with Crippen LogP contribution in [-0.4, -0.2) is 42.5 Å². The fraction of sp³-hybridized carbons (Fsp3) is 0.778. The Kier molecular flexibility index (Phi) is 7.32. The minimum absolute atomic E-state index is 0.0530. The first kappa shape index (κ1) is 13.3. The number of carbonyl (C=O) groups is 1. The van der Waals surface area contributed by atoms with Gasteiger partial charge < -0.3 is 11.1 Å². The van der Waals surface area contributed by atoms with Crippen molar-refractivity contribution in [3.8, 4) is 0 Å². The quantitative estimate of drug-likeness (QED) is 0.595. The van der Waals surface area contributed by atoms with Crippen molar-refractivity contribution >= 4 is 23.1 Å². The van der Waals surface area contributed by atoms with E-state index >= 15 is 0 Å². The van der Waals surface area contributed by atoms with E-state index < -0.39 is 0 Å². The van der Waals surface area contributed by atoms with E-state index in [1.54, 1.807) is 0 Å². The number of amides is 1. The normalized spacial score (nSPS) is 10.2. The highest BCUT2D eigenvalue weighted by Crippen LogP contribution is 1.87. The van der Waals surface area contributed by atoms with E-state index in [9.17, 15) is 4.79 Å². The lowest BCUT2D eigenvalue weighted by Gasteiger charge is -2.15. The molecule has 0 fully saturated rings. The van der Waals surface area contributed by atoms with Gasteiger partial charge in [-0.15, -0.1) is 0 Å². The maximum absolute atomic E-state index is 11.2. The third kappa shape index (κ3) is 7.94. The molecular formula is C9H19N3OS. The van der Waals surface area contributed by atoms with Crippen molar-refractivity contribution in [2.45, 2.75) is 19.8 Å². The Morgan fingerprint density at radius 1 is 1.57 bits per heavy atom. The predicted octanol–water partition coefficient (Wildman–Crippen LogP) is 0.121. The molecule has 0 saturated heterocycles. The summed E-state index contributed by atoms with van der Waals surface area (Å²) in [5, 5.41) is 2.81. The molecule has 0 aliphatic rings. The molecule has 1 amide bonds. The fourth-order valence-corrected chi connectivity index (χ4v) is 1.04. The van der Waals surface area contributed by atoms with E-state index in [2.05, 4.69) is 5.32 Å². The van der Waals surface area contributed by atoms with Crippen LogP contribution in [0.1, 0.15) is 19.8 Å². The molecule has 0 rings (SSSR count). The van der Waals surface area contributed by atoms with Gasteiger partial charge in [0.05, 0.1) is 11.5 Å². The highest BCUT2D eigenvalue weighted by molar-refractivity contribution is 7.80. The average molecular weight is 217 g/mol. The lowest BCUT2D eigenvalue weighted by atomic mass is 10.4. The van der Waals surface area contributed by atoms with Crippen molar-refractivity contribution in [3.63, 3.8) is 0 Å². The van der Waals surface area contributed by atoms with Gasteiger partial charge in [0.1, 0.15) is 0 Å². The minimum Gasteiger partial charge on any atom is -0.393 e. The first-order valence-corrected chi connectivity index (χ1v) is 5.20. The number of hydrogen-bond acceptors (Lipinski definition) is 3. The second kappa shape index (κ2) is 7.70. The second-order valence-electron chi connectivity index (χ2n) is 3.30. The Labute approximate surface area is 90.8 Å². The summed E-state index contributed by atoms with van der Waals surface area (Å²) in [5.41, 5.74) is 5.36. The maximum atomic E-state index is 11.2. The molecule has 0 aromatic heterocycles. The van der Waals surface area contributed by atoms with Crippen molar-refractivity contribution < 1.29 is 4.79 Å². The standard InChI is InChI=1S/C9H19N3OS/c1-3-5-11-9(13)7-12(2)6-4-8(10)14/h3-7H2,1-2H3,(H2,10,14)(H,11,13). The molecule has 82 valence electrons. The van der Waals surface area contributed by atoms with Crippen molar-refractivity contribution in [3.05, 3.63) is 0 Å². The molecule has 0 aliphatic heterocycles. The summed E-state index contributed by atoms with van der Waals surface area (Å²) >= 11 is 4.75. The summed E-state index contributed by atoms with van der Waals surface area (Å²) in [6, 6.07) is 0. The maximum Gasteiger partial charge on any atom is 0.234 e. The summed E-state index contributed by atoms with van der Waals surface area (Å²) in [5.74, 6) is 0.0530. The molecular weight excluding hydrogens is 198 g/mol. The molecule has 5 heteroatoms. The molecule has 0 saturated carbocycles. The third-order valence-corrected chi connectivity index (χ3v) is 1.93. The van der Waals surface area contributed by atoms with Crippen LogP contribution in [0.5, 0.6) is 0 Å². The summed E-state index contributed by atoms with van der Waals surface area (Å²) in [7, 11) is 1.88. The Hall–Kier alpha value is -0.680. The molecule has 4 nitrogen and oxygen atoms in total. The van der Waals surface area contributed by atoms with Gasteiger partial charge in [0.15, 0.2) is 0 Å². The van der Waals surface area contributed by atoms with Crippen molar-refractivity contribution in [1.29, 1.82) is 0 Å². The van der Waals surface area contributed by atoms with Crippen LogP contribution in [-0.2, 0) is 4.79 Å². The Balaban J connectivity index is 3.55. The summed E-state index contributed by atoms with van der Waals surface area (Å²) in [6.07, 6.45) is 1.62. The van der Waals surface area contributed by atoms with Gasteiger partial charge in [-0.1, -0.05) is 19.1 Å². The monoisotopic (exact) mass is 217 g/mol. The van der Waals surface area contributed by atoms with Gasteiger partial charge in [0.2, 0.25) is 5.91 Å². The van der Waals surface area contributed by atoms with E-state index in [4.69, 9.17) is 18.0 Å². The van der Waals surface area contributed by atoms with Crippen LogP contribution in [0.4, 0.5) is 0 Å². The molecule has 0 aromatic carbocycles. The molecule has 3 N–H and O–H groups in total. The largest absolute Gasteiger partial charge is 0.393 e. The van der Waals surface area contributed by atoms with E-state index in [0.717, 1.165) is 19.5 Å². The summed E-state index contributed by atoms with van der Waals surface area (Å²) in [4.78, 5) is 13.6. The Bertz CT molecular complexity index is 196. The zero-order chi connectivity index (χ0) is 11.0. The molecule has 0 aromatic rings. The molecule has 0 bridgehead atoms. The topological polar surface area (TPSA) is 58.4 Å². The molecule has 0 atom stereocenters. The van der Waals surface area contributed by atoms with Crippen molar-refractivity contribution in [2.24, 2.45) is 5.73 Å². The van der Waals surface area contributed by atoms with Gasteiger partial charge in [0, 0.05) is 19.5 Å². The van der Waals surface area contributed by atoms with Crippen LogP contribution in [0.2, 0.25) is 0 Å². The average Bonchev–Trinajstić information content (AvgIpc) is 2.11. The molecule has 0 aliphatic carbocycles.